The lowest BCUT2D eigenvalue weighted by Crippen LogP contribution is -2.46. The van der Waals surface area contributed by atoms with Crippen LogP contribution in [0, 0.1) is 11.8 Å². The van der Waals surface area contributed by atoms with E-state index in [1.165, 1.54) is 63.4 Å². The van der Waals surface area contributed by atoms with Crippen molar-refractivity contribution in [1.82, 2.24) is 0 Å². The number of rotatable bonds is 7. The molecule has 1 aliphatic heterocycles. The van der Waals surface area contributed by atoms with Crippen molar-refractivity contribution in [3.63, 3.8) is 0 Å². The van der Waals surface area contributed by atoms with Crippen LogP contribution in [-0.2, 0) is 6.42 Å². The number of phenolic OH excluding ortho intramolecular Hbond substituents is 1. The average molecular weight is 359 g/mol. The second kappa shape index (κ2) is 8.23. The summed E-state index contributed by atoms with van der Waals surface area (Å²) in [4.78, 5) is 0. The monoisotopic (exact) mass is 358 g/mol. The second-order valence-corrected chi connectivity index (χ2v) is 9.38. The number of ether oxygens (including phenoxy) is 1. The van der Waals surface area contributed by atoms with Crippen LogP contribution in [0.4, 0.5) is 0 Å². The minimum absolute atomic E-state index is 0.136. The zero-order valence-corrected chi connectivity index (χ0v) is 17.3. The minimum Gasteiger partial charge on any atom is -0.508 e. The van der Waals surface area contributed by atoms with Gasteiger partial charge in [0.15, 0.2) is 0 Å². The Morgan fingerprint density at radius 1 is 1.08 bits per heavy atom. The quantitative estimate of drug-likeness (QED) is 0.532. The molecule has 0 radical (unpaired) electrons. The van der Waals surface area contributed by atoms with E-state index >= 15 is 0 Å². The Kier molecular flexibility index (Phi) is 6.20. The molecule has 0 amide bonds. The third kappa shape index (κ3) is 4.21. The summed E-state index contributed by atoms with van der Waals surface area (Å²) in [5, 5.41) is 10.8. The van der Waals surface area contributed by atoms with Gasteiger partial charge in [-0.1, -0.05) is 52.4 Å². The SMILES string of the molecule is CCCCCCCCc1cc(O)c2c(c1)OC(C)(C)C1CCC(C)CC21. The molecule has 0 bridgehead atoms. The van der Waals surface area contributed by atoms with Crippen LogP contribution in [0.2, 0.25) is 0 Å². The molecule has 146 valence electrons. The highest BCUT2D eigenvalue weighted by molar-refractivity contribution is 5.52. The van der Waals surface area contributed by atoms with Gasteiger partial charge >= 0.3 is 0 Å². The molecule has 3 rings (SSSR count). The highest BCUT2D eigenvalue weighted by atomic mass is 16.5. The predicted molar refractivity (Wildman–Crippen MR) is 109 cm³/mol. The summed E-state index contributed by atoms with van der Waals surface area (Å²) in [6.07, 6.45) is 12.5. The molecule has 0 saturated heterocycles. The first-order chi connectivity index (χ1) is 12.4. The van der Waals surface area contributed by atoms with Crippen LogP contribution in [0.15, 0.2) is 12.1 Å². The first-order valence-corrected chi connectivity index (χ1v) is 11.0. The molecule has 1 aromatic rings. The molecule has 2 aliphatic rings. The van der Waals surface area contributed by atoms with E-state index in [0.717, 1.165) is 23.7 Å². The Balaban J connectivity index is 1.73. The van der Waals surface area contributed by atoms with Crippen LogP contribution in [0.3, 0.4) is 0 Å². The molecule has 1 aromatic carbocycles. The van der Waals surface area contributed by atoms with Crippen molar-refractivity contribution in [2.24, 2.45) is 11.8 Å². The van der Waals surface area contributed by atoms with Crippen LogP contribution in [-0.4, -0.2) is 10.7 Å². The lowest BCUT2D eigenvalue weighted by molar-refractivity contribution is -0.0145. The first kappa shape index (κ1) is 19.6. The Morgan fingerprint density at radius 2 is 1.81 bits per heavy atom. The maximum atomic E-state index is 10.8. The molecule has 3 atom stereocenters. The molecule has 2 heteroatoms. The zero-order chi connectivity index (χ0) is 18.7. The van der Waals surface area contributed by atoms with Gasteiger partial charge in [-0.3, -0.25) is 0 Å². The van der Waals surface area contributed by atoms with E-state index in [1.54, 1.807) is 0 Å². The number of fused-ring (bicyclic) bond motifs is 3. The van der Waals surface area contributed by atoms with Gasteiger partial charge in [-0.05, 0) is 69.1 Å². The highest BCUT2D eigenvalue weighted by Crippen LogP contribution is 2.55. The Labute approximate surface area is 160 Å². The van der Waals surface area contributed by atoms with Gasteiger partial charge in [0.25, 0.3) is 0 Å². The highest BCUT2D eigenvalue weighted by Gasteiger charge is 2.47. The molecule has 1 saturated carbocycles. The molecule has 2 nitrogen and oxygen atoms in total. The van der Waals surface area contributed by atoms with Crippen molar-refractivity contribution in [2.75, 3.05) is 0 Å². The van der Waals surface area contributed by atoms with E-state index in [2.05, 4.69) is 33.8 Å². The Hall–Kier alpha value is -1.18. The lowest BCUT2D eigenvalue weighted by atomic mass is 9.64. The summed E-state index contributed by atoms with van der Waals surface area (Å²) in [5.74, 6) is 3.12. The van der Waals surface area contributed by atoms with Crippen LogP contribution in [0.1, 0.15) is 103 Å². The maximum Gasteiger partial charge on any atom is 0.127 e. The van der Waals surface area contributed by atoms with E-state index in [9.17, 15) is 5.11 Å². The van der Waals surface area contributed by atoms with E-state index in [4.69, 9.17) is 4.74 Å². The van der Waals surface area contributed by atoms with Crippen molar-refractivity contribution < 1.29 is 9.84 Å². The Morgan fingerprint density at radius 3 is 2.58 bits per heavy atom. The summed E-state index contributed by atoms with van der Waals surface area (Å²) in [5.41, 5.74) is 2.19. The third-order valence-corrected chi connectivity index (χ3v) is 6.75. The zero-order valence-electron chi connectivity index (χ0n) is 17.3. The molecule has 26 heavy (non-hydrogen) atoms. The molecular formula is C24H38O2. The molecule has 0 aromatic heterocycles. The third-order valence-electron chi connectivity index (χ3n) is 6.75. The summed E-state index contributed by atoms with van der Waals surface area (Å²) in [7, 11) is 0. The van der Waals surface area contributed by atoms with Crippen LogP contribution in [0.25, 0.3) is 0 Å². The van der Waals surface area contributed by atoms with Crippen molar-refractivity contribution in [3.8, 4) is 11.5 Å². The number of aromatic hydroxyl groups is 1. The smallest absolute Gasteiger partial charge is 0.127 e. The fourth-order valence-corrected chi connectivity index (χ4v) is 5.27. The van der Waals surface area contributed by atoms with Crippen molar-refractivity contribution in [2.45, 2.75) is 103 Å². The number of hydrogen-bond acceptors (Lipinski definition) is 2. The summed E-state index contributed by atoms with van der Waals surface area (Å²) < 4.78 is 6.44. The van der Waals surface area contributed by atoms with Gasteiger partial charge in [0.1, 0.15) is 17.1 Å². The second-order valence-electron chi connectivity index (χ2n) is 9.38. The standard InChI is InChI=1S/C24H38O2/c1-5-6-7-8-9-10-11-18-15-21(25)23-19-14-17(2)12-13-20(19)24(3,4)26-22(23)16-18/h15-17,19-20,25H,5-14H2,1-4H3. The van der Waals surface area contributed by atoms with E-state index in [0.29, 0.717) is 17.6 Å². The Bertz CT molecular complexity index is 604. The van der Waals surface area contributed by atoms with Crippen molar-refractivity contribution >= 4 is 0 Å². The van der Waals surface area contributed by atoms with Crippen molar-refractivity contribution in [1.29, 1.82) is 0 Å². The van der Waals surface area contributed by atoms with E-state index in [-0.39, 0.29) is 5.60 Å². The van der Waals surface area contributed by atoms with Crippen molar-refractivity contribution in [3.05, 3.63) is 23.3 Å². The minimum atomic E-state index is -0.136. The van der Waals surface area contributed by atoms with Gasteiger partial charge in [-0.2, -0.15) is 0 Å². The van der Waals surface area contributed by atoms with E-state index in [1.807, 2.05) is 6.07 Å². The summed E-state index contributed by atoms with van der Waals surface area (Å²) in [6, 6.07) is 4.24. The van der Waals surface area contributed by atoms with Crippen LogP contribution >= 0.6 is 0 Å². The molecule has 0 spiro atoms. The molecule has 1 fully saturated rings. The molecular weight excluding hydrogens is 320 g/mol. The normalized spacial score (nSPS) is 26.7. The first-order valence-electron chi connectivity index (χ1n) is 11.0. The van der Waals surface area contributed by atoms with Crippen LogP contribution < -0.4 is 4.74 Å². The van der Waals surface area contributed by atoms with Gasteiger partial charge < -0.3 is 9.84 Å². The molecule has 3 unspecified atom stereocenters. The number of phenols is 1. The van der Waals surface area contributed by atoms with Gasteiger partial charge in [0.05, 0.1) is 0 Å². The number of hydrogen-bond donors (Lipinski definition) is 1. The molecule has 1 N–H and O–H groups in total. The molecule has 1 heterocycles. The maximum absolute atomic E-state index is 10.8. The van der Waals surface area contributed by atoms with E-state index < -0.39 is 0 Å². The van der Waals surface area contributed by atoms with Gasteiger partial charge in [0.2, 0.25) is 0 Å². The number of unbranched alkanes of at least 4 members (excludes halogenated alkanes) is 5. The predicted octanol–water partition coefficient (Wildman–Crippen LogP) is 6.99. The summed E-state index contributed by atoms with van der Waals surface area (Å²) >= 11 is 0. The lowest BCUT2D eigenvalue weighted by Gasteiger charge is -2.48. The fraction of sp³-hybridized carbons (Fsp3) is 0.750. The molecule has 1 aliphatic carbocycles. The van der Waals surface area contributed by atoms with Gasteiger partial charge in [0, 0.05) is 11.5 Å². The average Bonchev–Trinajstić information content (AvgIpc) is 2.56. The number of benzene rings is 1. The summed E-state index contributed by atoms with van der Waals surface area (Å²) in [6.45, 7) is 9.08. The number of aryl methyl sites for hydroxylation is 1. The largest absolute Gasteiger partial charge is 0.508 e. The van der Waals surface area contributed by atoms with Crippen LogP contribution in [0.5, 0.6) is 11.5 Å². The van der Waals surface area contributed by atoms with Gasteiger partial charge in [-0.25, -0.2) is 0 Å². The van der Waals surface area contributed by atoms with Gasteiger partial charge in [-0.15, -0.1) is 0 Å². The topological polar surface area (TPSA) is 29.5 Å². The fourth-order valence-electron chi connectivity index (χ4n) is 5.27.